The standard InChI is InChI=1S/C27H19N5/c1-3-9-20(10-4-1)27-30-24-16-15-21(19-25(24)32(27)22-11-5-2-6-12-22)23-13-7-14-26(29-23)31-18-8-17-28-31/h1-19H. The van der Waals surface area contributed by atoms with Crippen LogP contribution in [0.1, 0.15) is 0 Å². The van der Waals surface area contributed by atoms with Gasteiger partial charge in [0.1, 0.15) is 5.82 Å². The largest absolute Gasteiger partial charge is 0.292 e. The third kappa shape index (κ3) is 3.17. The van der Waals surface area contributed by atoms with Crippen molar-refractivity contribution in [1.29, 1.82) is 0 Å². The van der Waals surface area contributed by atoms with Gasteiger partial charge >= 0.3 is 0 Å². The van der Waals surface area contributed by atoms with Crippen LogP contribution in [-0.2, 0) is 0 Å². The maximum absolute atomic E-state index is 4.98. The van der Waals surface area contributed by atoms with E-state index in [1.807, 2.05) is 54.7 Å². The molecule has 32 heavy (non-hydrogen) atoms. The van der Waals surface area contributed by atoms with Crippen LogP contribution >= 0.6 is 0 Å². The van der Waals surface area contributed by atoms with Crippen LogP contribution in [0.4, 0.5) is 0 Å². The highest BCUT2D eigenvalue weighted by Crippen LogP contribution is 2.31. The quantitative estimate of drug-likeness (QED) is 0.359. The second-order valence-electron chi connectivity index (χ2n) is 7.51. The van der Waals surface area contributed by atoms with Crippen molar-refractivity contribution in [3.05, 3.63) is 116 Å². The van der Waals surface area contributed by atoms with Crippen LogP contribution in [0.5, 0.6) is 0 Å². The molecule has 3 aromatic carbocycles. The topological polar surface area (TPSA) is 48.5 Å². The fourth-order valence-corrected chi connectivity index (χ4v) is 3.97. The molecule has 0 radical (unpaired) electrons. The molecule has 3 aromatic heterocycles. The number of imidazole rings is 1. The summed E-state index contributed by atoms with van der Waals surface area (Å²) in [6, 6.07) is 34.8. The number of benzene rings is 3. The second kappa shape index (κ2) is 7.63. The van der Waals surface area contributed by atoms with Gasteiger partial charge in [0.15, 0.2) is 5.82 Å². The molecule has 0 atom stereocenters. The fourth-order valence-electron chi connectivity index (χ4n) is 3.97. The molecule has 0 aliphatic carbocycles. The van der Waals surface area contributed by atoms with Gasteiger partial charge in [0.05, 0.1) is 16.7 Å². The van der Waals surface area contributed by atoms with E-state index in [0.717, 1.165) is 45.2 Å². The summed E-state index contributed by atoms with van der Waals surface area (Å²) in [4.78, 5) is 9.81. The molecule has 6 aromatic rings. The van der Waals surface area contributed by atoms with E-state index in [4.69, 9.17) is 9.97 Å². The molecule has 5 heteroatoms. The Morgan fingerprint density at radius 2 is 1.44 bits per heavy atom. The Hall–Kier alpha value is -4.51. The SMILES string of the molecule is c1ccc(-c2nc3ccc(-c4cccc(-n5cccn5)n4)cc3n2-c2ccccc2)cc1. The first-order chi connectivity index (χ1) is 15.9. The maximum atomic E-state index is 4.98. The highest BCUT2D eigenvalue weighted by atomic mass is 15.3. The van der Waals surface area contributed by atoms with E-state index in [0.29, 0.717) is 0 Å². The number of aromatic nitrogens is 5. The van der Waals surface area contributed by atoms with Crippen molar-refractivity contribution in [3.8, 4) is 34.2 Å². The lowest BCUT2D eigenvalue weighted by Gasteiger charge is -2.10. The highest BCUT2D eigenvalue weighted by molar-refractivity contribution is 5.87. The molecule has 0 spiro atoms. The Balaban J connectivity index is 1.56. The number of nitrogens with zero attached hydrogens (tertiary/aromatic N) is 5. The van der Waals surface area contributed by atoms with Gasteiger partial charge in [0.25, 0.3) is 0 Å². The fraction of sp³-hybridized carbons (Fsp3) is 0. The minimum absolute atomic E-state index is 0.786. The number of rotatable bonds is 4. The molecule has 0 saturated heterocycles. The number of fused-ring (bicyclic) bond motifs is 1. The summed E-state index contributed by atoms with van der Waals surface area (Å²) < 4.78 is 3.98. The minimum Gasteiger partial charge on any atom is -0.292 e. The van der Waals surface area contributed by atoms with E-state index in [2.05, 4.69) is 64.3 Å². The molecule has 5 nitrogen and oxygen atoms in total. The summed E-state index contributed by atoms with van der Waals surface area (Å²) in [5.74, 6) is 1.70. The molecule has 3 heterocycles. The molecule has 0 amide bonds. The summed E-state index contributed by atoms with van der Waals surface area (Å²) in [6.45, 7) is 0. The molecule has 0 bridgehead atoms. The van der Waals surface area contributed by atoms with Crippen LogP contribution in [0, 0.1) is 0 Å². The van der Waals surface area contributed by atoms with Gasteiger partial charge in [-0.3, -0.25) is 4.57 Å². The van der Waals surface area contributed by atoms with Crippen molar-refractivity contribution in [2.45, 2.75) is 0 Å². The lowest BCUT2D eigenvalue weighted by atomic mass is 10.1. The third-order valence-electron chi connectivity index (χ3n) is 5.47. The average Bonchev–Trinajstić information content (AvgIpc) is 3.53. The van der Waals surface area contributed by atoms with Gasteiger partial charge in [-0.2, -0.15) is 5.10 Å². The Morgan fingerprint density at radius 3 is 2.22 bits per heavy atom. The molecular weight excluding hydrogens is 394 g/mol. The number of hydrogen-bond donors (Lipinski definition) is 0. The summed E-state index contributed by atoms with van der Waals surface area (Å²) in [5.41, 5.74) is 6.06. The highest BCUT2D eigenvalue weighted by Gasteiger charge is 2.15. The van der Waals surface area contributed by atoms with E-state index < -0.39 is 0 Å². The summed E-state index contributed by atoms with van der Waals surface area (Å²) in [6.07, 6.45) is 3.65. The van der Waals surface area contributed by atoms with Crippen molar-refractivity contribution >= 4 is 11.0 Å². The van der Waals surface area contributed by atoms with Crippen LogP contribution in [0.3, 0.4) is 0 Å². The molecule has 0 saturated carbocycles. The van der Waals surface area contributed by atoms with Crippen LogP contribution in [0.15, 0.2) is 116 Å². The zero-order valence-electron chi connectivity index (χ0n) is 17.2. The Morgan fingerprint density at radius 1 is 0.625 bits per heavy atom. The van der Waals surface area contributed by atoms with Crippen molar-refractivity contribution in [3.63, 3.8) is 0 Å². The van der Waals surface area contributed by atoms with Gasteiger partial charge < -0.3 is 0 Å². The molecule has 152 valence electrons. The lowest BCUT2D eigenvalue weighted by Crippen LogP contribution is -1.99. The van der Waals surface area contributed by atoms with Crippen LogP contribution in [0.25, 0.3) is 45.2 Å². The van der Waals surface area contributed by atoms with Crippen molar-refractivity contribution in [2.75, 3.05) is 0 Å². The first kappa shape index (κ1) is 18.3. The smallest absolute Gasteiger partial charge is 0.153 e. The average molecular weight is 413 g/mol. The Bertz CT molecular complexity index is 1500. The Labute approximate surface area is 185 Å². The molecule has 6 rings (SSSR count). The second-order valence-corrected chi connectivity index (χ2v) is 7.51. The van der Waals surface area contributed by atoms with Crippen LogP contribution in [0.2, 0.25) is 0 Å². The summed E-state index contributed by atoms with van der Waals surface area (Å²) >= 11 is 0. The number of hydrogen-bond acceptors (Lipinski definition) is 3. The van der Waals surface area contributed by atoms with E-state index in [1.165, 1.54) is 0 Å². The monoisotopic (exact) mass is 413 g/mol. The van der Waals surface area contributed by atoms with Crippen molar-refractivity contribution < 1.29 is 0 Å². The molecule has 0 aliphatic rings. The van der Waals surface area contributed by atoms with Gasteiger partial charge in [-0.15, -0.1) is 0 Å². The van der Waals surface area contributed by atoms with E-state index in [-0.39, 0.29) is 0 Å². The van der Waals surface area contributed by atoms with E-state index >= 15 is 0 Å². The first-order valence-corrected chi connectivity index (χ1v) is 10.5. The molecule has 0 N–H and O–H groups in total. The van der Waals surface area contributed by atoms with Gasteiger partial charge in [0.2, 0.25) is 0 Å². The van der Waals surface area contributed by atoms with Gasteiger partial charge in [-0.1, -0.05) is 60.7 Å². The zero-order valence-corrected chi connectivity index (χ0v) is 17.2. The predicted molar refractivity (Wildman–Crippen MR) is 127 cm³/mol. The molecule has 0 unspecified atom stereocenters. The summed E-state index contributed by atoms with van der Waals surface area (Å²) in [7, 11) is 0. The Kier molecular flexibility index (Phi) is 4.36. The summed E-state index contributed by atoms with van der Waals surface area (Å²) in [5, 5.41) is 4.30. The normalized spacial score (nSPS) is 11.1. The van der Waals surface area contributed by atoms with Gasteiger partial charge in [0, 0.05) is 29.2 Å². The third-order valence-corrected chi connectivity index (χ3v) is 5.47. The number of pyridine rings is 1. The van der Waals surface area contributed by atoms with Gasteiger partial charge in [-0.25, -0.2) is 14.6 Å². The number of para-hydroxylation sites is 1. The van der Waals surface area contributed by atoms with Gasteiger partial charge in [-0.05, 0) is 42.5 Å². The van der Waals surface area contributed by atoms with E-state index in [9.17, 15) is 0 Å². The lowest BCUT2D eigenvalue weighted by molar-refractivity contribution is 0.848. The van der Waals surface area contributed by atoms with Crippen LogP contribution in [-0.4, -0.2) is 24.3 Å². The zero-order chi connectivity index (χ0) is 21.3. The molecule has 0 fully saturated rings. The van der Waals surface area contributed by atoms with Crippen molar-refractivity contribution in [2.24, 2.45) is 0 Å². The van der Waals surface area contributed by atoms with Crippen molar-refractivity contribution in [1.82, 2.24) is 24.3 Å². The molecule has 0 aliphatic heterocycles. The predicted octanol–water partition coefficient (Wildman–Crippen LogP) is 5.94. The molecular formula is C27H19N5. The maximum Gasteiger partial charge on any atom is 0.153 e. The first-order valence-electron chi connectivity index (χ1n) is 10.5. The van der Waals surface area contributed by atoms with Crippen LogP contribution < -0.4 is 0 Å². The van der Waals surface area contributed by atoms with E-state index in [1.54, 1.807) is 10.9 Å². The minimum atomic E-state index is 0.786.